The molecule has 0 bridgehead atoms. The van der Waals surface area contributed by atoms with Crippen molar-refractivity contribution >= 4 is 34.1 Å². The molecule has 4 N–H and O–H groups in total. The lowest BCUT2D eigenvalue weighted by Gasteiger charge is -2.20. The maximum absolute atomic E-state index is 11.7. The van der Waals surface area contributed by atoms with Crippen molar-refractivity contribution in [2.75, 3.05) is 5.32 Å². The van der Waals surface area contributed by atoms with Gasteiger partial charge in [0.2, 0.25) is 5.91 Å². The quantitative estimate of drug-likeness (QED) is 0.720. The summed E-state index contributed by atoms with van der Waals surface area (Å²) in [6, 6.07) is 0. The third kappa shape index (κ3) is 3.54. The normalized spacial score (nSPS) is 17.2. The maximum atomic E-state index is 11.7. The lowest BCUT2D eigenvalue weighted by atomic mass is 9.85. The largest absolute Gasteiger partial charge is 0.478 e. The van der Waals surface area contributed by atoms with Crippen LogP contribution in [0.5, 0.6) is 0 Å². The SMILES string of the molecule is CCC1CCc2c(sc(NC(=O)C=CC(=O)O)c2C(N)=O)C1. The van der Waals surface area contributed by atoms with Crippen LogP contribution in [0.2, 0.25) is 0 Å². The summed E-state index contributed by atoms with van der Waals surface area (Å²) in [7, 11) is 0. The Bertz CT molecular complexity index is 648. The molecule has 0 saturated heterocycles. The number of carboxylic acid groups (broad SMARTS) is 1. The number of carboxylic acids is 1. The van der Waals surface area contributed by atoms with Gasteiger partial charge in [0.1, 0.15) is 5.00 Å². The van der Waals surface area contributed by atoms with E-state index in [1.165, 1.54) is 11.3 Å². The molecule has 1 unspecified atom stereocenters. The monoisotopic (exact) mass is 322 g/mol. The van der Waals surface area contributed by atoms with Crippen LogP contribution < -0.4 is 11.1 Å². The second-order valence-electron chi connectivity index (χ2n) is 5.25. The van der Waals surface area contributed by atoms with Crippen LogP contribution in [0.3, 0.4) is 0 Å². The number of anilines is 1. The second-order valence-corrected chi connectivity index (χ2v) is 6.36. The first kappa shape index (κ1) is 16.2. The van der Waals surface area contributed by atoms with Gasteiger partial charge in [-0.3, -0.25) is 9.59 Å². The molecule has 1 aromatic rings. The van der Waals surface area contributed by atoms with E-state index in [9.17, 15) is 14.4 Å². The van der Waals surface area contributed by atoms with Crippen molar-refractivity contribution in [1.82, 2.24) is 0 Å². The smallest absolute Gasteiger partial charge is 0.328 e. The first-order valence-corrected chi connectivity index (χ1v) is 7.90. The number of primary amides is 1. The standard InChI is InChI=1S/C15H18N2O4S/c1-2-8-3-4-9-10(7-8)22-15(13(9)14(16)21)17-11(18)5-6-12(19)20/h5-6,8H,2-4,7H2,1H3,(H2,16,21)(H,17,18)(H,19,20). The molecule has 2 rings (SSSR count). The number of hydrogen-bond donors (Lipinski definition) is 3. The molecule has 7 heteroatoms. The Morgan fingerprint density at radius 1 is 1.41 bits per heavy atom. The van der Waals surface area contributed by atoms with Gasteiger partial charge in [-0.15, -0.1) is 11.3 Å². The zero-order chi connectivity index (χ0) is 16.3. The molecule has 1 heterocycles. The van der Waals surface area contributed by atoms with Crippen molar-refractivity contribution in [3.05, 3.63) is 28.2 Å². The molecule has 1 aliphatic carbocycles. The van der Waals surface area contributed by atoms with Gasteiger partial charge in [0.15, 0.2) is 0 Å². The van der Waals surface area contributed by atoms with Crippen molar-refractivity contribution in [2.45, 2.75) is 32.6 Å². The fourth-order valence-electron chi connectivity index (χ4n) is 2.65. The molecule has 0 saturated carbocycles. The molecule has 1 aliphatic rings. The van der Waals surface area contributed by atoms with Crippen LogP contribution in [0.1, 0.15) is 40.6 Å². The maximum Gasteiger partial charge on any atom is 0.328 e. The van der Waals surface area contributed by atoms with Crippen LogP contribution in [0.4, 0.5) is 5.00 Å². The molecule has 118 valence electrons. The van der Waals surface area contributed by atoms with Gasteiger partial charge in [0.05, 0.1) is 5.56 Å². The predicted octanol–water partition coefficient (Wildman–Crippen LogP) is 1.94. The molecule has 0 aliphatic heterocycles. The molecule has 0 aromatic carbocycles. The fraction of sp³-hybridized carbons (Fsp3) is 0.400. The Kier molecular flexibility index (Phi) is 4.97. The van der Waals surface area contributed by atoms with Gasteiger partial charge >= 0.3 is 5.97 Å². The Labute approximate surface area is 132 Å². The topological polar surface area (TPSA) is 109 Å². The minimum absolute atomic E-state index is 0.367. The van der Waals surface area contributed by atoms with Gasteiger partial charge < -0.3 is 16.2 Å². The van der Waals surface area contributed by atoms with Crippen LogP contribution in [-0.4, -0.2) is 22.9 Å². The van der Waals surface area contributed by atoms with Crippen LogP contribution >= 0.6 is 11.3 Å². The van der Waals surface area contributed by atoms with Gasteiger partial charge in [0, 0.05) is 17.0 Å². The van der Waals surface area contributed by atoms with Crippen LogP contribution in [0, 0.1) is 5.92 Å². The summed E-state index contributed by atoms with van der Waals surface area (Å²) in [5, 5.41) is 11.5. The summed E-state index contributed by atoms with van der Waals surface area (Å²) in [5.41, 5.74) is 6.75. The highest BCUT2D eigenvalue weighted by Crippen LogP contribution is 2.40. The first-order chi connectivity index (χ1) is 10.4. The molecular formula is C15H18N2O4S. The number of aliphatic carboxylic acids is 1. The van der Waals surface area contributed by atoms with E-state index in [1.807, 2.05) is 0 Å². The van der Waals surface area contributed by atoms with Crippen molar-refractivity contribution in [1.29, 1.82) is 0 Å². The van der Waals surface area contributed by atoms with Crippen LogP contribution in [0.15, 0.2) is 12.2 Å². The third-order valence-electron chi connectivity index (χ3n) is 3.81. The Balaban J connectivity index is 2.28. The summed E-state index contributed by atoms with van der Waals surface area (Å²) in [4.78, 5) is 34.9. The number of amides is 2. The average molecular weight is 322 g/mol. The number of carbonyl (C=O) groups excluding carboxylic acids is 2. The van der Waals surface area contributed by atoms with Crippen LogP contribution in [0.25, 0.3) is 0 Å². The lowest BCUT2D eigenvalue weighted by Crippen LogP contribution is -2.19. The molecule has 0 fully saturated rings. The van der Waals surface area contributed by atoms with E-state index in [4.69, 9.17) is 10.8 Å². The number of carbonyl (C=O) groups is 3. The van der Waals surface area contributed by atoms with Gasteiger partial charge in [-0.25, -0.2) is 4.79 Å². The average Bonchev–Trinajstić information content (AvgIpc) is 2.81. The van der Waals surface area contributed by atoms with E-state index in [0.717, 1.165) is 48.3 Å². The Morgan fingerprint density at radius 3 is 2.73 bits per heavy atom. The lowest BCUT2D eigenvalue weighted by molar-refractivity contribution is -0.131. The minimum atomic E-state index is -1.21. The van der Waals surface area contributed by atoms with E-state index in [0.29, 0.717) is 16.5 Å². The van der Waals surface area contributed by atoms with Crippen molar-refractivity contribution in [3.63, 3.8) is 0 Å². The summed E-state index contributed by atoms with van der Waals surface area (Å²) >= 11 is 1.36. The molecule has 2 amide bonds. The van der Waals surface area contributed by atoms with Crippen molar-refractivity contribution in [3.8, 4) is 0 Å². The number of nitrogens with two attached hydrogens (primary N) is 1. The van der Waals surface area contributed by atoms with Gasteiger partial charge in [-0.1, -0.05) is 13.3 Å². The summed E-state index contributed by atoms with van der Waals surface area (Å²) in [6.07, 6.45) is 5.42. The fourth-order valence-corrected chi connectivity index (χ4v) is 4.02. The number of fused-ring (bicyclic) bond motifs is 1. The summed E-state index contributed by atoms with van der Waals surface area (Å²) in [5.74, 6) is -1.77. The second kappa shape index (κ2) is 6.74. The molecule has 22 heavy (non-hydrogen) atoms. The summed E-state index contributed by atoms with van der Waals surface area (Å²) in [6.45, 7) is 2.14. The van der Waals surface area contributed by atoms with Gasteiger partial charge in [0.25, 0.3) is 5.91 Å². The van der Waals surface area contributed by atoms with Crippen molar-refractivity contribution in [2.24, 2.45) is 11.7 Å². The van der Waals surface area contributed by atoms with Crippen molar-refractivity contribution < 1.29 is 19.5 Å². The molecule has 0 spiro atoms. The highest BCUT2D eigenvalue weighted by atomic mass is 32.1. The minimum Gasteiger partial charge on any atom is -0.478 e. The van der Waals surface area contributed by atoms with Gasteiger partial charge in [-0.2, -0.15) is 0 Å². The third-order valence-corrected chi connectivity index (χ3v) is 4.97. The predicted molar refractivity (Wildman–Crippen MR) is 84.0 cm³/mol. The number of thiophene rings is 1. The molecule has 1 atom stereocenters. The van der Waals surface area contributed by atoms with E-state index < -0.39 is 17.8 Å². The van der Waals surface area contributed by atoms with E-state index in [2.05, 4.69) is 12.2 Å². The molecular weight excluding hydrogens is 304 g/mol. The summed E-state index contributed by atoms with van der Waals surface area (Å²) < 4.78 is 0. The van der Waals surface area contributed by atoms with E-state index >= 15 is 0 Å². The van der Waals surface area contributed by atoms with Crippen LogP contribution in [-0.2, 0) is 22.4 Å². The zero-order valence-corrected chi connectivity index (χ0v) is 13.0. The Hall–Kier alpha value is -2.15. The molecule has 6 nitrogen and oxygen atoms in total. The molecule has 1 aromatic heterocycles. The number of hydrogen-bond acceptors (Lipinski definition) is 4. The zero-order valence-electron chi connectivity index (χ0n) is 12.2. The van der Waals surface area contributed by atoms with E-state index in [-0.39, 0.29) is 0 Å². The highest BCUT2D eigenvalue weighted by Gasteiger charge is 2.27. The highest BCUT2D eigenvalue weighted by molar-refractivity contribution is 7.17. The van der Waals surface area contributed by atoms with E-state index in [1.54, 1.807) is 0 Å². The Morgan fingerprint density at radius 2 is 2.14 bits per heavy atom. The first-order valence-electron chi connectivity index (χ1n) is 7.08. The number of nitrogens with one attached hydrogen (secondary N) is 1. The van der Waals surface area contributed by atoms with Gasteiger partial charge in [-0.05, 0) is 30.7 Å². The molecule has 0 radical (unpaired) electrons. The number of rotatable bonds is 5.